The van der Waals surface area contributed by atoms with Gasteiger partial charge in [0.2, 0.25) is 0 Å². The summed E-state index contributed by atoms with van der Waals surface area (Å²) in [5, 5.41) is 20.1. The van der Waals surface area contributed by atoms with E-state index in [0.717, 1.165) is 0 Å². The minimum Gasteiger partial charge on any atom is -0.478 e. The van der Waals surface area contributed by atoms with Gasteiger partial charge in [-0.1, -0.05) is 18.2 Å². The number of non-ortho nitro benzene ring substituents is 1. The van der Waals surface area contributed by atoms with E-state index in [1.165, 1.54) is 43.5 Å². The number of nitrogens with zero attached hydrogens (tertiary/aromatic N) is 1. The van der Waals surface area contributed by atoms with E-state index in [9.17, 15) is 24.8 Å². The summed E-state index contributed by atoms with van der Waals surface area (Å²) in [5.74, 6) is -1.91. The van der Waals surface area contributed by atoms with Gasteiger partial charge < -0.3 is 9.84 Å². The summed E-state index contributed by atoms with van der Waals surface area (Å²) in [6.07, 6.45) is 1.42. The SMILES string of the molecule is COC(=O)C(=Cc1ccc([N+](=O)[O-])cc1Br)c1ccccc1C(=O)O. The lowest BCUT2D eigenvalue weighted by atomic mass is 9.97. The zero-order chi connectivity index (χ0) is 18.6. The minimum absolute atomic E-state index is 0.0232. The number of carbonyl (C=O) groups is 2. The molecular formula is C17H12BrNO6. The number of esters is 1. The molecule has 0 spiro atoms. The van der Waals surface area contributed by atoms with Crippen LogP contribution in [0.3, 0.4) is 0 Å². The van der Waals surface area contributed by atoms with E-state index in [-0.39, 0.29) is 22.4 Å². The Bertz CT molecular complexity index is 890. The number of hydrogen-bond donors (Lipinski definition) is 1. The van der Waals surface area contributed by atoms with Crippen molar-refractivity contribution < 1.29 is 24.4 Å². The number of halogens is 1. The summed E-state index contributed by atoms with van der Waals surface area (Å²) in [4.78, 5) is 33.9. The van der Waals surface area contributed by atoms with Crippen molar-refractivity contribution in [3.8, 4) is 0 Å². The van der Waals surface area contributed by atoms with E-state index in [0.29, 0.717) is 10.0 Å². The Morgan fingerprint density at radius 1 is 1.20 bits per heavy atom. The monoisotopic (exact) mass is 405 g/mol. The maximum atomic E-state index is 12.2. The summed E-state index contributed by atoms with van der Waals surface area (Å²) in [6.45, 7) is 0. The van der Waals surface area contributed by atoms with Crippen LogP contribution in [0, 0.1) is 10.1 Å². The Hall–Kier alpha value is -3.00. The van der Waals surface area contributed by atoms with E-state index < -0.39 is 16.9 Å². The molecule has 2 aromatic rings. The first-order chi connectivity index (χ1) is 11.8. The Labute approximate surface area is 150 Å². The van der Waals surface area contributed by atoms with Crippen molar-refractivity contribution in [1.82, 2.24) is 0 Å². The largest absolute Gasteiger partial charge is 0.478 e. The van der Waals surface area contributed by atoms with Crippen LogP contribution in [0.5, 0.6) is 0 Å². The Balaban J connectivity index is 2.64. The highest BCUT2D eigenvalue weighted by Gasteiger charge is 2.20. The van der Waals surface area contributed by atoms with Gasteiger partial charge in [-0.05, 0) is 39.7 Å². The Kier molecular flexibility index (Phi) is 5.66. The molecule has 0 aromatic heterocycles. The fourth-order valence-corrected chi connectivity index (χ4v) is 2.64. The number of carbonyl (C=O) groups excluding carboxylic acids is 1. The Morgan fingerprint density at radius 3 is 2.36 bits per heavy atom. The number of carboxylic acid groups (broad SMARTS) is 1. The van der Waals surface area contributed by atoms with E-state index in [2.05, 4.69) is 15.9 Å². The van der Waals surface area contributed by atoms with Crippen LogP contribution < -0.4 is 0 Å². The van der Waals surface area contributed by atoms with Crippen LogP contribution >= 0.6 is 15.9 Å². The smallest absolute Gasteiger partial charge is 0.338 e. The highest BCUT2D eigenvalue weighted by atomic mass is 79.9. The van der Waals surface area contributed by atoms with E-state index in [1.54, 1.807) is 12.1 Å². The molecule has 2 aromatic carbocycles. The van der Waals surface area contributed by atoms with Gasteiger partial charge in [0.25, 0.3) is 5.69 Å². The number of ether oxygens (including phenoxy) is 1. The maximum absolute atomic E-state index is 12.2. The molecule has 0 unspecified atom stereocenters. The van der Waals surface area contributed by atoms with Crippen LogP contribution in [0.2, 0.25) is 0 Å². The standard InChI is InChI=1S/C17H12BrNO6/c1-25-17(22)14(12-4-2-3-5-13(12)16(20)21)8-10-6-7-11(19(23)24)9-15(10)18/h2-9H,1H3,(H,20,21). The predicted octanol–water partition coefficient (Wildman–Crippen LogP) is 3.77. The maximum Gasteiger partial charge on any atom is 0.338 e. The number of carboxylic acids is 1. The van der Waals surface area contributed by atoms with E-state index >= 15 is 0 Å². The lowest BCUT2D eigenvalue weighted by molar-refractivity contribution is -0.384. The molecule has 0 atom stereocenters. The number of methoxy groups -OCH3 is 1. The van der Waals surface area contributed by atoms with Crippen LogP contribution in [0.1, 0.15) is 21.5 Å². The number of aromatic carboxylic acids is 1. The minimum atomic E-state index is -1.19. The van der Waals surface area contributed by atoms with Gasteiger partial charge >= 0.3 is 11.9 Å². The summed E-state index contributed by atoms with van der Waals surface area (Å²) < 4.78 is 5.14. The average Bonchev–Trinajstić information content (AvgIpc) is 2.59. The molecule has 0 amide bonds. The molecule has 0 fully saturated rings. The molecule has 0 radical (unpaired) electrons. The van der Waals surface area contributed by atoms with Gasteiger partial charge in [0.15, 0.2) is 0 Å². The Morgan fingerprint density at radius 2 is 1.84 bits per heavy atom. The first-order valence-corrected chi connectivity index (χ1v) is 7.71. The van der Waals surface area contributed by atoms with Gasteiger partial charge in [0.1, 0.15) is 0 Å². The second-order valence-corrected chi connectivity index (χ2v) is 5.72. The second kappa shape index (κ2) is 7.71. The highest BCUT2D eigenvalue weighted by molar-refractivity contribution is 9.10. The molecule has 2 rings (SSSR count). The molecular weight excluding hydrogens is 394 g/mol. The van der Waals surface area contributed by atoms with Crippen molar-refractivity contribution in [2.24, 2.45) is 0 Å². The summed E-state index contributed by atoms with van der Waals surface area (Å²) in [6, 6.07) is 10.0. The third-order valence-electron chi connectivity index (χ3n) is 3.35. The number of benzene rings is 2. The fraction of sp³-hybridized carbons (Fsp3) is 0.0588. The molecule has 0 bridgehead atoms. The lowest BCUT2D eigenvalue weighted by Gasteiger charge is -2.10. The van der Waals surface area contributed by atoms with Gasteiger partial charge in [-0.15, -0.1) is 0 Å². The third kappa shape index (κ3) is 4.10. The molecule has 8 heteroatoms. The van der Waals surface area contributed by atoms with Gasteiger partial charge in [-0.3, -0.25) is 10.1 Å². The van der Waals surface area contributed by atoms with Gasteiger partial charge in [0, 0.05) is 22.2 Å². The molecule has 128 valence electrons. The number of nitro benzene ring substituents is 1. The molecule has 0 aliphatic carbocycles. The van der Waals surface area contributed by atoms with Crippen LogP contribution in [0.25, 0.3) is 11.6 Å². The van der Waals surface area contributed by atoms with Crippen LogP contribution in [0.15, 0.2) is 46.9 Å². The molecule has 0 aliphatic rings. The number of nitro groups is 1. The molecule has 0 heterocycles. The molecule has 0 aliphatic heterocycles. The van der Waals surface area contributed by atoms with Crippen molar-refractivity contribution in [3.05, 3.63) is 73.7 Å². The first kappa shape index (κ1) is 18.3. The topological polar surface area (TPSA) is 107 Å². The van der Waals surface area contributed by atoms with Gasteiger partial charge in [-0.25, -0.2) is 9.59 Å². The highest BCUT2D eigenvalue weighted by Crippen LogP contribution is 2.29. The quantitative estimate of drug-likeness (QED) is 0.266. The summed E-state index contributed by atoms with van der Waals surface area (Å²) >= 11 is 3.22. The van der Waals surface area contributed by atoms with Crippen LogP contribution in [-0.2, 0) is 9.53 Å². The van der Waals surface area contributed by atoms with Crippen molar-refractivity contribution in [2.75, 3.05) is 7.11 Å². The molecule has 25 heavy (non-hydrogen) atoms. The van der Waals surface area contributed by atoms with Crippen molar-refractivity contribution in [3.63, 3.8) is 0 Å². The first-order valence-electron chi connectivity index (χ1n) is 6.91. The summed E-state index contributed by atoms with van der Waals surface area (Å²) in [5.41, 5.74) is 0.500. The van der Waals surface area contributed by atoms with Gasteiger partial charge in [-0.2, -0.15) is 0 Å². The predicted molar refractivity (Wildman–Crippen MR) is 94.1 cm³/mol. The zero-order valence-electron chi connectivity index (χ0n) is 12.9. The lowest BCUT2D eigenvalue weighted by Crippen LogP contribution is -2.09. The summed E-state index contributed by atoms with van der Waals surface area (Å²) in [7, 11) is 1.18. The zero-order valence-corrected chi connectivity index (χ0v) is 14.5. The molecule has 7 nitrogen and oxygen atoms in total. The molecule has 1 N–H and O–H groups in total. The van der Waals surface area contributed by atoms with Crippen molar-refractivity contribution in [1.29, 1.82) is 0 Å². The normalized spacial score (nSPS) is 11.0. The average molecular weight is 406 g/mol. The molecule has 0 saturated carbocycles. The molecule has 0 saturated heterocycles. The fourth-order valence-electron chi connectivity index (χ4n) is 2.16. The van der Waals surface area contributed by atoms with E-state index in [4.69, 9.17) is 4.74 Å². The van der Waals surface area contributed by atoms with E-state index in [1.807, 2.05) is 0 Å². The number of hydrogen-bond acceptors (Lipinski definition) is 5. The van der Waals surface area contributed by atoms with Crippen molar-refractivity contribution in [2.45, 2.75) is 0 Å². The van der Waals surface area contributed by atoms with Crippen molar-refractivity contribution >= 4 is 45.2 Å². The van der Waals surface area contributed by atoms with Gasteiger partial charge in [0.05, 0.1) is 23.2 Å². The van der Waals surface area contributed by atoms with Crippen LogP contribution in [-0.4, -0.2) is 29.1 Å². The number of rotatable bonds is 5. The second-order valence-electron chi connectivity index (χ2n) is 4.86. The third-order valence-corrected chi connectivity index (χ3v) is 4.03. The van der Waals surface area contributed by atoms with Crippen LogP contribution in [0.4, 0.5) is 5.69 Å².